The van der Waals surface area contributed by atoms with Gasteiger partial charge in [0.25, 0.3) is 0 Å². The number of benzene rings is 2. The predicted molar refractivity (Wildman–Crippen MR) is 114 cm³/mol. The van der Waals surface area contributed by atoms with E-state index in [2.05, 4.69) is 0 Å². The van der Waals surface area contributed by atoms with Crippen LogP contribution in [0.15, 0.2) is 48.5 Å². The van der Waals surface area contributed by atoms with E-state index in [1.54, 1.807) is 9.91 Å². The molecule has 2 aromatic carbocycles. The molecule has 0 unspecified atom stereocenters. The first-order valence-electron chi connectivity index (χ1n) is 9.35. The van der Waals surface area contributed by atoms with Crippen LogP contribution in [0.5, 0.6) is 0 Å². The van der Waals surface area contributed by atoms with E-state index in [0.29, 0.717) is 30.2 Å². The molecule has 0 saturated heterocycles. The Morgan fingerprint density at radius 3 is 2.34 bits per heavy atom. The van der Waals surface area contributed by atoms with E-state index in [0.717, 1.165) is 16.7 Å². The first-order chi connectivity index (χ1) is 13.8. The molecule has 1 aliphatic rings. The number of carbonyl (C=O) groups excluding carboxylic acids is 2. The molecule has 8 nitrogen and oxygen atoms in total. The monoisotopic (exact) mass is 394 g/mol. The van der Waals surface area contributed by atoms with Crippen molar-refractivity contribution in [2.75, 3.05) is 25.0 Å². The molecule has 6 N–H and O–H groups in total. The number of nitrogens with zero attached hydrogens (tertiary/aromatic N) is 3. The number of hydrogen-bond donors (Lipinski definition) is 3. The van der Waals surface area contributed by atoms with Gasteiger partial charge in [0, 0.05) is 24.7 Å². The van der Waals surface area contributed by atoms with Crippen LogP contribution in [0.2, 0.25) is 0 Å². The van der Waals surface area contributed by atoms with Crippen molar-refractivity contribution in [3.8, 4) is 0 Å². The highest BCUT2D eigenvalue weighted by Gasteiger charge is 2.28. The third-order valence-electron chi connectivity index (χ3n) is 5.02. The van der Waals surface area contributed by atoms with E-state index in [9.17, 15) is 9.59 Å². The molecule has 29 heavy (non-hydrogen) atoms. The van der Waals surface area contributed by atoms with Gasteiger partial charge in [0.1, 0.15) is 6.54 Å². The molecule has 1 heterocycles. The lowest BCUT2D eigenvalue weighted by Crippen LogP contribution is -2.44. The smallest absolute Gasteiger partial charge is 0.314 e. The van der Waals surface area contributed by atoms with Gasteiger partial charge in [0.05, 0.1) is 23.6 Å². The van der Waals surface area contributed by atoms with Crippen LogP contribution in [0.1, 0.15) is 23.6 Å². The average molecular weight is 394 g/mol. The Morgan fingerprint density at radius 2 is 1.69 bits per heavy atom. The fourth-order valence-corrected chi connectivity index (χ4v) is 3.41. The van der Waals surface area contributed by atoms with Crippen molar-refractivity contribution in [3.63, 3.8) is 0 Å². The van der Waals surface area contributed by atoms with Gasteiger partial charge in [-0.1, -0.05) is 42.5 Å². The number of rotatable bonds is 4. The van der Waals surface area contributed by atoms with Crippen molar-refractivity contribution in [2.45, 2.75) is 13.5 Å². The van der Waals surface area contributed by atoms with Gasteiger partial charge in [-0.3, -0.25) is 4.79 Å². The number of hydrazine groups is 1. The lowest BCUT2D eigenvalue weighted by molar-refractivity contribution is -0.119. The van der Waals surface area contributed by atoms with Crippen LogP contribution in [0.4, 0.5) is 10.5 Å². The molecular weight excluding hydrogens is 368 g/mol. The van der Waals surface area contributed by atoms with Crippen LogP contribution in [0.25, 0.3) is 11.4 Å². The van der Waals surface area contributed by atoms with Gasteiger partial charge in [-0.2, -0.15) is 0 Å². The van der Waals surface area contributed by atoms with Gasteiger partial charge in [-0.15, -0.1) is 0 Å². The van der Waals surface area contributed by atoms with Gasteiger partial charge in [-0.05, 0) is 18.6 Å². The minimum atomic E-state index is -0.664. The van der Waals surface area contributed by atoms with E-state index >= 15 is 0 Å². The molecule has 0 saturated carbocycles. The summed E-state index contributed by atoms with van der Waals surface area (Å²) in [7, 11) is 1.49. The number of carbonyl (C=O) groups is 2. The van der Waals surface area contributed by atoms with Crippen molar-refractivity contribution < 1.29 is 9.59 Å². The summed E-state index contributed by atoms with van der Waals surface area (Å²) in [6.45, 7) is 2.63. The average Bonchev–Trinajstić information content (AvgIpc) is 2.71. The van der Waals surface area contributed by atoms with Crippen molar-refractivity contribution in [1.82, 2.24) is 9.91 Å². The molecule has 0 aliphatic carbocycles. The summed E-state index contributed by atoms with van der Waals surface area (Å²) in [6, 6.07) is 14.4. The molecule has 0 aromatic heterocycles. The Kier molecular flexibility index (Phi) is 5.74. The highest BCUT2D eigenvalue weighted by Crippen LogP contribution is 2.36. The molecule has 152 valence electrons. The zero-order valence-electron chi connectivity index (χ0n) is 16.6. The van der Waals surface area contributed by atoms with Crippen LogP contribution < -0.4 is 22.2 Å². The maximum Gasteiger partial charge on any atom is 0.314 e. The molecule has 0 atom stereocenters. The summed E-state index contributed by atoms with van der Waals surface area (Å²) >= 11 is 0. The van der Waals surface area contributed by atoms with Gasteiger partial charge in [-0.25, -0.2) is 10.6 Å². The van der Waals surface area contributed by atoms with E-state index in [-0.39, 0.29) is 12.5 Å². The number of fused-ring (bicyclic) bond motifs is 2. The zero-order valence-corrected chi connectivity index (χ0v) is 16.6. The highest BCUT2D eigenvalue weighted by atomic mass is 16.2. The second kappa shape index (κ2) is 8.24. The Morgan fingerprint density at radius 1 is 1.07 bits per heavy atom. The Labute approximate surface area is 170 Å². The molecule has 3 amide bonds. The number of anilines is 1. The standard InChI is InChI=1S/C21H26N6O2/c1-3-27(24)20-16-10-6-7-11-17(16)26(18(28)13-25(2)21(23)29)12-14-8-4-5-9-15(14)19(20)22/h4-11H,3,12-13,22,24H2,1-2H3,(H2,23,29)/b20-19-. The van der Waals surface area contributed by atoms with E-state index in [1.165, 1.54) is 11.9 Å². The minimum Gasteiger partial charge on any atom is -0.396 e. The molecule has 1 aliphatic heterocycles. The quantitative estimate of drug-likeness (QED) is 0.536. The maximum atomic E-state index is 13.2. The van der Waals surface area contributed by atoms with Crippen LogP contribution in [0.3, 0.4) is 0 Å². The molecule has 3 rings (SSSR count). The Bertz CT molecular complexity index is 971. The molecule has 0 spiro atoms. The van der Waals surface area contributed by atoms with E-state index in [4.69, 9.17) is 17.3 Å². The second-order valence-electron chi connectivity index (χ2n) is 6.90. The molecule has 0 bridgehead atoms. The van der Waals surface area contributed by atoms with Gasteiger partial charge in [0.15, 0.2) is 0 Å². The molecule has 0 radical (unpaired) electrons. The molecular formula is C21H26N6O2. The van der Waals surface area contributed by atoms with Gasteiger partial charge < -0.3 is 26.3 Å². The lowest BCUT2D eigenvalue weighted by Gasteiger charge is -2.33. The number of likely N-dealkylation sites (N-methyl/N-ethyl adjacent to an activating group) is 1. The van der Waals surface area contributed by atoms with Crippen molar-refractivity contribution in [3.05, 3.63) is 65.2 Å². The number of urea groups is 1. The topological polar surface area (TPSA) is 122 Å². The van der Waals surface area contributed by atoms with Crippen LogP contribution in [0, 0.1) is 0 Å². The number of para-hydroxylation sites is 1. The number of primary amides is 1. The summed E-state index contributed by atoms with van der Waals surface area (Å²) in [5.74, 6) is 6.04. The number of hydrogen-bond acceptors (Lipinski definition) is 5. The maximum absolute atomic E-state index is 13.2. The minimum absolute atomic E-state index is 0.138. The van der Waals surface area contributed by atoms with Crippen molar-refractivity contribution >= 4 is 29.0 Å². The summed E-state index contributed by atoms with van der Waals surface area (Å²) < 4.78 is 0. The van der Waals surface area contributed by atoms with Gasteiger partial charge in [0.2, 0.25) is 5.91 Å². The third kappa shape index (κ3) is 3.88. The molecule has 0 fully saturated rings. The van der Waals surface area contributed by atoms with Crippen LogP contribution in [-0.2, 0) is 11.3 Å². The van der Waals surface area contributed by atoms with E-state index < -0.39 is 6.03 Å². The Hall–Kier alpha value is -3.52. The van der Waals surface area contributed by atoms with Crippen LogP contribution >= 0.6 is 0 Å². The van der Waals surface area contributed by atoms with Crippen LogP contribution in [-0.4, -0.2) is 42.0 Å². The fraction of sp³-hybridized carbons (Fsp3) is 0.238. The second-order valence-corrected chi connectivity index (χ2v) is 6.90. The van der Waals surface area contributed by atoms with E-state index in [1.807, 2.05) is 55.5 Å². The summed E-state index contributed by atoms with van der Waals surface area (Å²) in [5, 5.41) is 1.58. The van der Waals surface area contributed by atoms with Crippen molar-refractivity contribution in [1.29, 1.82) is 0 Å². The zero-order chi connectivity index (χ0) is 21.1. The third-order valence-corrected chi connectivity index (χ3v) is 5.02. The highest BCUT2D eigenvalue weighted by molar-refractivity contribution is 6.02. The summed E-state index contributed by atoms with van der Waals surface area (Å²) in [5.41, 5.74) is 16.2. The summed E-state index contributed by atoms with van der Waals surface area (Å²) in [6.07, 6.45) is 0. The predicted octanol–water partition coefficient (Wildman–Crippen LogP) is 1.52. The number of amides is 3. The number of nitrogens with two attached hydrogens (primary N) is 3. The van der Waals surface area contributed by atoms with Gasteiger partial charge >= 0.3 is 6.03 Å². The van der Waals surface area contributed by atoms with Crippen molar-refractivity contribution in [2.24, 2.45) is 17.3 Å². The first kappa shape index (κ1) is 20.2. The first-order valence-corrected chi connectivity index (χ1v) is 9.35. The normalized spacial score (nSPS) is 15.6. The lowest BCUT2D eigenvalue weighted by atomic mass is 9.96. The SMILES string of the molecule is CCN(N)/C1=C(\N)c2ccccc2CN(C(=O)CN(C)C(N)=O)c2ccccc21. The Balaban J connectivity index is 2.22. The molecule has 8 heteroatoms. The largest absolute Gasteiger partial charge is 0.396 e. The summed E-state index contributed by atoms with van der Waals surface area (Å²) in [4.78, 5) is 27.4. The fourth-order valence-electron chi connectivity index (χ4n) is 3.41. The molecule has 2 aromatic rings.